The van der Waals surface area contributed by atoms with E-state index in [0.717, 1.165) is 37.9 Å². The zero-order chi connectivity index (χ0) is 9.80. The number of carbonyl (C=O) groups excluding carboxylic acids is 1. The highest BCUT2D eigenvalue weighted by molar-refractivity contribution is 5.50. The first-order valence-corrected chi connectivity index (χ1v) is 5.08. The third-order valence-corrected chi connectivity index (χ3v) is 2.52. The Balaban J connectivity index is 2.16. The quantitative estimate of drug-likeness (QED) is 0.682. The first-order chi connectivity index (χ1) is 6.90. The molecular formula is C12H14O2. The molecule has 1 aromatic carbocycles. The minimum absolute atomic E-state index is 0.611. The molecule has 1 aliphatic rings. The first kappa shape index (κ1) is 9.25. The minimum atomic E-state index is 0.611. The van der Waals surface area contributed by atoms with Crippen molar-refractivity contribution in [2.24, 2.45) is 0 Å². The molecule has 74 valence electrons. The van der Waals surface area contributed by atoms with Crippen molar-refractivity contribution in [3.63, 3.8) is 0 Å². The van der Waals surface area contributed by atoms with E-state index in [-0.39, 0.29) is 0 Å². The Kier molecular flexibility index (Phi) is 2.82. The van der Waals surface area contributed by atoms with E-state index in [1.165, 1.54) is 11.1 Å². The summed E-state index contributed by atoms with van der Waals surface area (Å²) in [7, 11) is 0. The van der Waals surface area contributed by atoms with Gasteiger partial charge in [-0.25, -0.2) is 0 Å². The van der Waals surface area contributed by atoms with Crippen molar-refractivity contribution >= 4 is 6.29 Å². The number of benzene rings is 1. The molecule has 2 heteroatoms. The molecule has 0 bridgehead atoms. The lowest BCUT2D eigenvalue weighted by Crippen LogP contribution is -2.08. The zero-order valence-corrected chi connectivity index (χ0v) is 8.16. The summed E-state index contributed by atoms with van der Waals surface area (Å²) < 4.78 is 5.51. The second-order valence-electron chi connectivity index (χ2n) is 3.60. The number of hydrogen-bond acceptors (Lipinski definition) is 2. The Bertz CT molecular complexity index is 331. The van der Waals surface area contributed by atoms with Gasteiger partial charge in [0.2, 0.25) is 0 Å². The van der Waals surface area contributed by atoms with Crippen LogP contribution >= 0.6 is 0 Å². The maximum absolute atomic E-state index is 10.2. The standard InChI is InChI=1S/C12H14O2/c13-7-1-3-10-5-6-12-11(9-10)4-2-8-14-12/h5-7,9H,1-4,8H2. The van der Waals surface area contributed by atoms with E-state index in [0.29, 0.717) is 6.42 Å². The molecule has 0 amide bonds. The topological polar surface area (TPSA) is 26.3 Å². The molecule has 0 saturated heterocycles. The number of aryl methyl sites for hydroxylation is 2. The van der Waals surface area contributed by atoms with Crippen molar-refractivity contribution in [1.29, 1.82) is 0 Å². The number of ether oxygens (including phenoxy) is 1. The van der Waals surface area contributed by atoms with Gasteiger partial charge in [0.15, 0.2) is 0 Å². The molecule has 1 aliphatic heterocycles. The van der Waals surface area contributed by atoms with Gasteiger partial charge in [-0.15, -0.1) is 0 Å². The van der Waals surface area contributed by atoms with E-state index in [9.17, 15) is 4.79 Å². The highest BCUT2D eigenvalue weighted by atomic mass is 16.5. The number of carbonyl (C=O) groups is 1. The summed E-state index contributed by atoms with van der Waals surface area (Å²) in [6.07, 6.45) is 4.63. The van der Waals surface area contributed by atoms with Crippen molar-refractivity contribution in [2.75, 3.05) is 6.61 Å². The van der Waals surface area contributed by atoms with Gasteiger partial charge in [-0.2, -0.15) is 0 Å². The zero-order valence-electron chi connectivity index (χ0n) is 8.16. The van der Waals surface area contributed by atoms with Crippen molar-refractivity contribution in [2.45, 2.75) is 25.7 Å². The van der Waals surface area contributed by atoms with Gasteiger partial charge < -0.3 is 9.53 Å². The first-order valence-electron chi connectivity index (χ1n) is 5.08. The van der Waals surface area contributed by atoms with Crippen LogP contribution in [0.1, 0.15) is 24.0 Å². The van der Waals surface area contributed by atoms with E-state index in [4.69, 9.17) is 4.74 Å². The molecular weight excluding hydrogens is 176 g/mol. The maximum atomic E-state index is 10.2. The fourth-order valence-corrected chi connectivity index (χ4v) is 1.79. The molecule has 2 rings (SSSR count). The van der Waals surface area contributed by atoms with Gasteiger partial charge in [0.05, 0.1) is 6.61 Å². The highest BCUT2D eigenvalue weighted by Crippen LogP contribution is 2.25. The predicted molar refractivity (Wildman–Crippen MR) is 54.6 cm³/mol. The van der Waals surface area contributed by atoms with Crippen LogP contribution in [-0.2, 0) is 17.6 Å². The smallest absolute Gasteiger partial charge is 0.122 e. The second-order valence-corrected chi connectivity index (χ2v) is 3.60. The van der Waals surface area contributed by atoms with Crippen LogP contribution in [0.25, 0.3) is 0 Å². The van der Waals surface area contributed by atoms with Crippen molar-refractivity contribution in [1.82, 2.24) is 0 Å². The molecule has 0 aromatic heterocycles. The van der Waals surface area contributed by atoms with Crippen molar-refractivity contribution in [3.8, 4) is 5.75 Å². The molecule has 0 unspecified atom stereocenters. The molecule has 0 spiro atoms. The van der Waals surface area contributed by atoms with Crippen LogP contribution in [0, 0.1) is 0 Å². The van der Waals surface area contributed by atoms with Crippen LogP contribution in [0.15, 0.2) is 18.2 Å². The van der Waals surface area contributed by atoms with E-state index in [2.05, 4.69) is 6.07 Å². The summed E-state index contributed by atoms with van der Waals surface area (Å²) in [6.45, 7) is 0.834. The number of hydrogen-bond donors (Lipinski definition) is 0. The van der Waals surface area contributed by atoms with Crippen LogP contribution in [0.2, 0.25) is 0 Å². The lowest BCUT2D eigenvalue weighted by Gasteiger charge is -2.17. The summed E-state index contributed by atoms with van der Waals surface area (Å²) >= 11 is 0. The normalized spacial score (nSPS) is 14.3. The van der Waals surface area contributed by atoms with E-state index >= 15 is 0 Å². The fraction of sp³-hybridized carbons (Fsp3) is 0.417. The van der Waals surface area contributed by atoms with Crippen LogP contribution in [0.4, 0.5) is 0 Å². The Labute approximate surface area is 83.9 Å². The largest absolute Gasteiger partial charge is 0.493 e. The van der Waals surface area contributed by atoms with Crippen molar-refractivity contribution in [3.05, 3.63) is 29.3 Å². The Morgan fingerprint density at radius 2 is 2.36 bits per heavy atom. The molecule has 0 fully saturated rings. The summed E-state index contributed by atoms with van der Waals surface area (Å²) in [5.41, 5.74) is 2.53. The van der Waals surface area contributed by atoms with Crippen LogP contribution in [-0.4, -0.2) is 12.9 Å². The van der Waals surface area contributed by atoms with Crippen LogP contribution < -0.4 is 4.74 Å². The predicted octanol–water partition coefficient (Wildman–Crippen LogP) is 2.14. The molecule has 1 heterocycles. The fourth-order valence-electron chi connectivity index (χ4n) is 1.79. The molecule has 0 N–H and O–H groups in total. The molecule has 0 saturated carbocycles. The number of rotatable bonds is 3. The highest BCUT2D eigenvalue weighted by Gasteiger charge is 2.09. The SMILES string of the molecule is O=CCCc1ccc2c(c1)CCCO2. The Hall–Kier alpha value is -1.31. The number of fused-ring (bicyclic) bond motifs is 1. The van der Waals surface area contributed by atoms with Gasteiger partial charge in [-0.3, -0.25) is 0 Å². The maximum Gasteiger partial charge on any atom is 0.122 e. The molecule has 14 heavy (non-hydrogen) atoms. The average Bonchev–Trinajstić information content (AvgIpc) is 2.26. The number of aldehydes is 1. The van der Waals surface area contributed by atoms with E-state index in [1.54, 1.807) is 0 Å². The van der Waals surface area contributed by atoms with Gasteiger partial charge in [0.25, 0.3) is 0 Å². The summed E-state index contributed by atoms with van der Waals surface area (Å²) in [5, 5.41) is 0. The average molecular weight is 190 g/mol. The lowest BCUT2D eigenvalue weighted by molar-refractivity contribution is -0.107. The van der Waals surface area contributed by atoms with Gasteiger partial charge >= 0.3 is 0 Å². The van der Waals surface area contributed by atoms with Gasteiger partial charge in [-0.05, 0) is 36.5 Å². The summed E-state index contributed by atoms with van der Waals surface area (Å²) in [4.78, 5) is 10.2. The molecule has 0 aliphatic carbocycles. The Morgan fingerprint density at radius 1 is 1.43 bits per heavy atom. The third-order valence-electron chi connectivity index (χ3n) is 2.52. The second kappa shape index (κ2) is 4.27. The Morgan fingerprint density at radius 3 is 3.21 bits per heavy atom. The van der Waals surface area contributed by atoms with Crippen LogP contribution in [0.3, 0.4) is 0 Å². The molecule has 0 atom stereocenters. The van der Waals surface area contributed by atoms with Crippen molar-refractivity contribution < 1.29 is 9.53 Å². The van der Waals surface area contributed by atoms with Gasteiger partial charge in [0, 0.05) is 6.42 Å². The third kappa shape index (κ3) is 1.95. The minimum Gasteiger partial charge on any atom is -0.493 e. The molecule has 2 nitrogen and oxygen atoms in total. The lowest BCUT2D eigenvalue weighted by atomic mass is 10.0. The van der Waals surface area contributed by atoms with E-state index < -0.39 is 0 Å². The monoisotopic (exact) mass is 190 g/mol. The van der Waals surface area contributed by atoms with E-state index in [1.807, 2.05) is 12.1 Å². The summed E-state index contributed by atoms with van der Waals surface area (Å²) in [5.74, 6) is 1.02. The van der Waals surface area contributed by atoms with Gasteiger partial charge in [-0.1, -0.05) is 12.1 Å². The molecule has 0 radical (unpaired) electrons. The van der Waals surface area contributed by atoms with Gasteiger partial charge in [0.1, 0.15) is 12.0 Å². The molecule has 1 aromatic rings. The summed E-state index contributed by atoms with van der Waals surface area (Å²) in [6, 6.07) is 6.24. The van der Waals surface area contributed by atoms with Crippen LogP contribution in [0.5, 0.6) is 5.75 Å².